The van der Waals surface area contributed by atoms with Crippen molar-refractivity contribution in [3.63, 3.8) is 0 Å². The zero-order valence-electron chi connectivity index (χ0n) is 28.7. The molecule has 0 saturated heterocycles. The maximum Gasteiger partial charge on any atom is 0.145 e. The Labute approximate surface area is 283 Å². The lowest BCUT2D eigenvalue weighted by molar-refractivity contribution is 0.410. The number of fused-ring (bicyclic) bond motifs is 3. The highest BCUT2D eigenvalue weighted by Crippen LogP contribution is 2.41. The zero-order valence-corrected chi connectivity index (χ0v) is 28.7. The van der Waals surface area contributed by atoms with Crippen LogP contribution in [0.15, 0.2) is 126 Å². The van der Waals surface area contributed by atoms with Gasteiger partial charge in [-0.1, -0.05) is 102 Å². The summed E-state index contributed by atoms with van der Waals surface area (Å²) in [5.41, 5.74) is 10.4. The third-order valence-electron chi connectivity index (χ3n) is 8.41. The average Bonchev–Trinajstić information content (AvgIpc) is 3.42. The topological polar surface area (TPSA) is 48.2 Å². The van der Waals surface area contributed by atoms with Gasteiger partial charge in [0, 0.05) is 34.3 Å². The van der Waals surface area contributed by atoms with Gasteiger partial charge in [-0.2, -0.15) is 0 Å². The Morgan fingerprint density at radius 2 is 1.21 bits per heavy atom. The van der Waals surface area contributed by atoms with Crippen LogP contribution in [0.4, 0.5) is 0 Å². The van der Waals surface area contributed by atoms with Crippen molar-refractivity contribution >= 4 is 21.9 Å². The number of hydrogen-bond donors (Lipinski definition) is 0. The van der Waals surface area contributed by atoms with Gasteiger partial charge in [-0.25, -0.2) is 0 Å². The van der Waals surface area contributed by atoms with E-state index >= 15 is 0 Å². The van der Waals surface area contributed by atoms with E-state index in [9.17, 15) is 0 Å². The van der Waals surface area contributed by atoms with Crippen LogP contribution in [0.1, 0.15) is 52.7 Å². The fraction of sp³-hybridized carbons (Fsp3) is 0.227. The molecule has 4 nitrogen and oxygen atoms in total. The van der Waals surface area contributed by atoms with Crippen molar-refractivity contribution in [2.75, 3.05) is 0 Å². The van der Waals surface area contributed by atoms with Crippen molar-refractivity contribution in [2.45, 2.75) is 54.4 Å². The number of pyridine rings is 2. The Bertz CT molecular complexity index is 2200. The Morgan fingerprint density at radius 1 is 0.542 bits per heavy atom. The first kappa shape index (κ1) is 31.4. The molecule has 3 aromatic heterocycles. The first-order valence-electron chi connectivity index (χ1n) is 16.7. The van der Waals surface area contributed by atoms with Gasteiger partial charge >= 0.3 is 0 Å². The molecule has 0 aliphatic heterocycles. The molecule has 0 unspecified atom stereocenters. The largest absolute Gasteiger partial charge is 0.457 e. The summed E-state index contributed by atoms with van der Waals surface area (Å²) in [6.45, 7) is 13.5. The molecule has 0 atom stereocenters. The van der Waals surface area contributed by atoms with Crippen molar-refractivity contribution in [3.8, 4) is 45.1 Å². The summed E-state index contributed by atoms with van der Waals surface area (Å²) >= 11 is 0. The molecule has 0 radical (unpaired) electrons. The fourth-order valence-corrected chi connectivity index (χ4v) is 6.38. The maximum absolute atomic E-state index is 6.63. The molecule has 3 heterocycles. The number of hydrogen-bond acceptors (Lipinski definition) is 4. The van der Waals surface area contributed by atoms with Gasteiger partial charge in [0.05, 0.1) is 11.4 Å². The van der Waals surface area contributed by atoms with Crippen molar-refractivity contribution in [3.05, 3.63) is 133 Å². The molecule has 4 aromatic carbocycles. The summed E-state index contributed by atoms with van der Waals surface area (Å²) in [4.78, 5) is 9.71. The van der Waals surface area contributed by atoms with E-state index in [0.29, 0.717) is 0 Å². The predicted octanol–water partition coefficient (Wildman–Crippen LogP) is 12.3. The van der Waals surface area contributed by atoms with Gasteiger partial charge in [-0.3, -0.25) is 9.97 Å². The minimum absolute atomic E-state index is 0.179. The molecular weight excluding hydrogens is 588 g/mol. The average molecular weight is 631 g/mol. The number of benzene rings is 4. The lowest BCUT2D eigenvalue weighted by Crippen LogP contribution is -2.09. The second-order valence-corrected chi connectivity index (χ2v) is 15.2. The number of furan rings is 1. The SMILES string of the molecule is CC(C)(C)Cc1ccc(-c2cccc(Oc3cc(-c4ccc(CC(C)(C)C)cn4)c4oc5cc(-c6ccccc6)ccc5c4c3)c2)nc1. The minimum atomic E-state index is 0.179. The van der Waals surface area contributed by atoms with Crippen molar-refractivity contribution in [2.24, 2.45) is 10.8 Å². The summed E-state index contributed by atoms with van der Waals surface area (Å²) in [5, 5.41) is 2.03. The van der Waals surface area contributed by atoms with E-state index in [1.54, 1.807) is 0 Å². The molecule has 0 amide bonds. The molecule has 0 N–H and O–H groups in total. The molecule has 0 aliphatic rings. The van der Waals surface area contributed by atoms with E-state index in [1.165, 1.54) is 11.1 Å². The van der Waals surface area contributed by atoms with Crippen LogP contribution in [0.2, 0.25) is 0 Å². The van der Waals surface area contributed by atoms with Gasteiger partial charge in [-0.15, -0.1) is 0 Å². The second-order valence-electron chi connectivity index (χ2n) is 15.2. The van der Waals surface area contributed by atoms with E-state index < -0.39 is 0 Å². The second kappa shape index (κ2) is 12.4. The summed E-state index contributed by atoms with van der Waals surface area (Å²) in [6.07, 6.45) is 5.91. The van der Waals surface area contributed by atoms with E-state index in [2.05, 4.69) is 126 Å². The minimum Gasteiger partial charge on any atom is -0.457 e. The normalized spacial score (nSPS) is 12.1. The lowest BCUT2D eigenvalue weighted by atomic mass is 9.89. The van der Waals surface area contributed by atoms with Crippen LogP contribution in [-0.2, 0) is 12.8 Å². The fourth-order valence-electron chi connectivity index (χ4n) is 6.38. The van der Waals surface area contributed by atoms with Crippen LogP contribution in [0.3, 0.4) is 0 Å². The number of nitrogens with zero attached hydrogens (tertiary/aromatic N) is 2. The molecule has 0 bridgehead atoms. The standard InChI is InChI=1S/C44H42N2O2/c1-43(2,3)25-29-15-19-39(45-27-29)33-13-10-14-34(21-33)47-35-23-37-36-18-17-32(31-11-8-7-9-12-31)22-41(36)48-42(37)38(24-35)40-20-16-30(28-46-40)26-44(4,5)6/h7-24,27-28H,25-26H2,1-6H3. The van der Waals surface area contributed by atoms with Gasteiger partial charge in [0.1, 0.15) is 22.7 Å². The third-order valence-corrected chi connectivity index (χ3v) is 8.41. The van der Waals surface area contributed by atoms with Gasteiger partial charge in [0.25, 0.3) is 0 Å². The van der Waals surface area contributed by atoms with E-state index in [-0.39, 0.29) is 10.8 Å². The molecule has 7 rings (SSSR count). The summed E-state index contributed by atoms with van der Waals surface area (Å²) in [7, 11) is 0. The van der Waals surface area contributed by atoms with Crippen LogP contribution in [-0.4, -0.2) is 9.97 Å². The first-order valence-corrected chi connectivity index (χ1v) is 16.7. The van der Waals surface area contributed by atoms with Crippen LogP contribution in [0.25, 0.3) is 55.6 Å². The van der Waals surface area contributed by atoms with Gasteiger partial charge in [0.2, 0.25) is 0 Å². The quantitative estimate of drug-likeness (QED) is 0.176. The van der Waals surface area contributed by atoms with Crippen molar-refractivity contribution in [1.29, 1.82) is 0 Å². The van der Waals surface area contributed by atoms with Crippen LogP contribution in [0.5, 0.6) is 11.5 Å². The molecule has 0 aliphatic carbocycles. The van der Waals surface area contributed by atoms with E-state index in [4.69, 9.17) is 19.1 Å². The zero-order chi connectivity index (χ0) is 33.5. The first-order chi connectivity index (χ1) is 23.0. The molecule has 240 valence electrons. The summed E-state index contributed by atoms with van der Waals surface area (Å²) < 4.78 is 13.2. The van der Waals surface area contributed by atoms with E-state index in [1.807, 2.05) is 36.7 Å². The molecule has 4 heteroatoms. The van der Waals surface area contributed by atoms with Crippen LogP contribution >= 0.6 is 0 Å². The maximum atomic E-state index is 6.63. The third kappa shape index (κ3) is 7.03. The molecule has 0 spiro atoms. The van der Waals surface area contributed by atoms with E-state index in [0.717, 1.165) is 79.9 Å². The highest BCUT2D eigenvalue weighted by atomic mass is 16.5. The molecular formula is C44H42N2O2. The Kier molecular flexibility index (Phi) is 8.12. The lowest BCUT2D eigenvalue weighted by Gasteiger charge is -2.18. The molecule has 0 fully saturated rings. The van der Waals surface area contributed by atoms with Gasteiger partial charge < -0.3 is 9.15 Å². The molecule has 0 saturated carbocycles. The molecule has 7 aromatic rings. The highest BCUT2D eigenvalue weighted by Gasteiger charge is 2.18. The smallest absolute Gasteiger partial charge is 0.145 e. The van der Waals surface area contributed by atoms with Gasteiger partial charge in [0.15, 0.2) is 0 Å². The Hall–Kier alpha value is -5.22. The number of rotatable bonds is 7. The summed E-state index contributed by atoms with van der Waals surface area (Å²) in [5.74, 6) is 1.46. The summed E-state index contributed by atoms with van der Waals surface area (Å²) in [6, 6.07) is 37.6. The van der Waals surface area contributed by atoms with Crippen LogP contribution in [0, 0.1) is 10.8 Å². The van der Waals surface area contributed by atoms with Crippen molar-refractivity contribution < 1.29 is 9.15 Å². The Balaban J connectivity index is 1.28. The van der Waals surface area contributed by atoms with Gasteiger partial charge in [-0.05, 0) is 94.5 Å². The number of ether oxygens (including phenoxy) is 1. The molecule has 48 heavy (non-hydrogen) atoms. The highest BCUT2D eigenvalue weighted by molar-refractivity contribution is 6.10. The predicted molar refractivity (Wildman–Crippen MR) is 198 cm³/mol. The van der Waals surface area contributed by atoms with Crippen molar-refractivity contribution in [1.82, 2.24) is 9.97 Å². The van der Waals surface area contributed by atoms with Crippen LogP contribution < -0.4 is 4.74 Å². The number of aromatic nitrogens is 2. The monoisotopic (exact) mass is 630 g/mol. The Morgan fingerprint density at radius 3 is 1.85 bits per heavy atom.